The third-order valence-electron chi connectivity index (χ3n) is 2.62. The van der Waals surface area contributed by atoms with Crippen molar-refractivity contribution in [3.8, 4) is 6.07 Å². The molecule has 1 fully saturated rings. The number of rotatable bonds is 2. The number of nitriles is 1. The number of aryl methyl sites for hydroxylation is 1. The predicted molar refractivity (Wildman–Crippen MR) is 57.6 cm³/mol. The highest BCUT2D eigenvalue weighted by Crippen LogP contribution is 2.18. The van der Waals surface area contributed by atoms with Gasteiger partial charge in [-0.15, -0.1) is 0 Å². The van der Waals surface area contributed by atoms with Crippen molar-refractivity contribution in [2.24, 2.45) is 0 Å². The average Bonchev–Trinajstić information content (AvgIpc) is 2.81. The van der Waals surface area contributed by atoms with Crippen LogP contribution in [0.1, 0.15) is 31.3 Å². The molecule has 0 N–H and O–H groups in total. The fourth-order valence-corrected chi connectivity index (χ4v) is 1.81. The summed E-state index contributed by atoms with van der Waals surface area (Å²) in [7, 11) is 0. The van der Waals surface area contributed by atoms with Crippen LogP contribution < -0.4 is 4.90 Å². The SMILES string of the molecule is CCc1nc(C#N)cc(N2CCCC2)n1. The van der Waals surface area contributed by atoms with Gasteiger partial charge < -0.3 is 4.90 Å². The maximum Gasteiger partial charge on any atom is 0.146 e. The molecule has 4 heteroatoms. The summed E-state index contributed by atoms with van der Waals surface area (Å²) in [5.41, 5.74) is 0.476. The van der Waals surface area contributed by atoms with Gasteiger partial charge in [0.1, 0.15) is 23.4 Å². The summed E-state index contributed by atoms with van der Waals surface area (Å²) in [6, 6.07) is 3.87. The molecular weight excluding hydrogens is 188 g/mol. The summed E-state index contributed by atoms with van der Waals surface area (Å²) >= 11 is 0. The van der Waals surface area contributed by atoms with Crippen molar-refractivity contribution in [1.29, 1.82) is 5.26 Å². The van der Waals surface area contributed by atoms with Gasteiger partial charge in [-0.1, -0.05) is 6.92 Å². The van der Waals surface area contributed by atoms with Crippen molar-refractivity contribution in [2.45, 2.75) is 26.2 Å². The van der Waals surface area contributed by atoms with Crippen molar-refractivity contribution < 1.29 is 0 Å². The Balaban J connectivity index is 2.33. The molecule has 1 aromatic rings. The molecule has 0 amide bonds. The molecule has 2 rings (SSSR count). The quantitative estimate of drug-likeness (QED) is 0.729. The molecule has 0 bridgehead atoms. The highest BCUT2D eigenvalue weighted by Gasteiger charge is 2.15. The van der Waals surface area contributed by atoms with E-state index in [0.29, 0.717) is 5.69 Å². The first-order chi connectivity index (χ1) is 7.33. The Bertz CT molecular complexity index is 388. The normalized spacial score (nSPS) is 15.3. The lowest BCUT2D eigenvalue weighted by molar-refractivity contribution is 0.873. The van der Waals surface area contributed by atoms with Gasteiger partial charge in [0.2, 0.25) is 0 Å². The lowest BCUT2D eigenvalue weighted by Crippen LogP contribution is -2.20. The van der Waals surface area contributed by atoms with E-state index >= 15 is 0 Å². The van der Waals surface area contributed by atoms with Gasteiger partial charge in [0, 0.05) is 25.6 Å². The zero-order valence-corrected chi connectivity index (χ0v) is 8.90. The summed E-state index contributed by atoms with van der Waals surface area (Å²) in [5, 5.41) is 8.87. The van der Waals surface area contributed by atoms with E-state index in [4.69, 9.17) is 5.26 Å². The van der Waals surface area contributed by atoms with E-state index in [2.05, 4.69) is 20.9 Å². The minimum atomic E-state index is 0.476. The van der Waals surface area contributed by atoms with Gasteiger partial charge in [-0.25, -0.2) is 9.97 Å². The van der Waals surface area contributed by atoms with Crippen LogP contribution in [0.4, 0.5) is 5.82 Å². The maximum absolute atomic E-state index is 8.87. The second-order valence-corrected chi connectivity index (χ2v) is 3.69. The lowest BCUT2D eigenvalue weighted by Gasteiger charge is -2.16. The first kappa shape index (κ1) is 9.91. The first-order valence-corrected chi connectivity index (χ1v) is 5.36. The lowest BCUT2D eigenvalue weighted by atomic mass is 10.3. The summed E-state index contributed by atoms with van der Waals surface area (Å²) < 4.78 is 0. The van der Waals surface area contributed by atoms with Crippen LogP contribution in [0, 0.1) is 11.3 Å². The van der Waals surface area contributed by atoms with Crippen LogP contribution in [0.15, 0.2) is 6.07 Å². The van der Waals surface area contributed by atoms with E-state index in [-0.39, 0.29) is 0 Å². The van der Waals surface area contributed by atoms with E-state index in [1.807, 2.05) is 6.92 Å². The Labute approximate surface area is 89.6 Å². The van der Waals surface area contributed by atoms with Crippen LogP contribution >= 0.6 is 0 Å². The summed E-state index contributed by atoms with van der Waals surface area (Å²) in [6.07, 6.45) is 3.21. The minimum Gasteiger partial charge on any atom is -0.356 e. The fraction of sp³-hybridized carbons (Fsp3) is 0.545. The average molecular weight is 202 g/mol. The zero-order valence-electron chi connectivity index (χ0n) is 8.90. The Morgan fingerprint density at radius 2 is 2.13 bits per heavy atom. The predicted octanol–water partition coefficient (Wildman–Crippen LogP) is 1.51. The van der Waals surface area contributed by atoms with Crippen molar-refractivity contribution in [3.63, 3.8) is 0 Å². The third kappa shape index (κ3) is 2.07. The summed E-state index contributed by atoms with van der Waals surface area (Å²) in [6.45, 7) is 4.10. The highest BCUT2D eigenvalue weighted by molar-refractivity contribution is 5.43. The molecule has 1 aromatic heterocycles. The summed E-state index contributed by atoms with van der Waals surface area (Å²) in [5.74, 6) is 1.67. The molecule has 15 heavy (non-hydrogen) atoms. The highest BCUT2D eigenvalue weighted by atomic mass is 15.2. The first-order valence-electron chi connectivity index (χ1n) is 5.36. The molecule has 0 spiro atoms. The van der Waals surface area contributed by atoms with Gasteiger partial charge in [0.15, 0.2) is 0 Å². The van der Waals surface area contributed by atoms with Gasteiger partial charge in [-0.3, -0.25) is 0 Å². The monoisotopic (exact) mass is 202 g/mol. The van der Waals surface area contributed by atoms with Gasteiger partial charge in [-0.05, 0) is 12.8 Å². The molecule has 0 unspecified atom stereocenters. The molecular formula is C11H14N4. The summed E-state index contributed by atoms with van der Waals surface area (Å²) in [4.78, 5) is 10.8. The number of nitrogens with zero attached hydrogens (tertiary/aromatic N) is 4. The van der Waals surface area contributed by atoms with E-state index in [0.717, 1.165) is 31.2 Å². The third-order valence-corrected chi connectivity index (χ3v) is 2.62. The Morgan fingerprint density at radius 1 is 1.40 bits per heavy atom. The molecule has 0 aliphatic carbocycles. The van der Waals surface area contributed by atoms with Crippen molar-refractivity contribution in [3.05, 3.63) is 17.6 Å². The van der Waals surface area contributed by atoms with Crippen molar-refractivity contribution in [1.82, 2.24) is 9.97 Å². The molecule has 4 nitrogen and oxygen atoms in total. The zero-order chi connectivity index (χ0) is 10.7. The van der Waals surface area contributed by atoms with Gasteiger partial charge >= 0.3 is 0 Å². The number of hydrogen-bond donors (Lipinski definition) is 0. The molecule has 0 saturated carbocycles. The van der Waals surface area contributed by atoms with Crippen LogP contribution in [-0.2, 0) is 6.42 Å². The molecule has 0 aromatic carbocycles. The van der Waals surface area contributed by atoms with E-state index < -0.39 is 0 Å². The molecule has 1 aliphatic heterocycles. The topological polar surface area (TPSA) is 52.8 Å². The van der Waals surface area contributed by atoms with Gasteiger partial charge in [0.25, 0.3) is 0 Å². The number of hydrogen-bond acceptors (Lipinski definition) is 4. The fourth-order valence-electron chi connectivity index (χ4n) is 1.81. The molecule has 78 valence electrons. The van der Waals surface area contributed by atoms with Crippen LogP contribution in [0.3, 0.4) is 0 Å². The van der Waals surface area contributed by atoms with Gasteiger partial charge in [-0.2, -0.15) is 5.26 Å². The van der Waals surface area contributed by atoms with Crippen LogP contribution in [0.25, 0.3) is 0 Å². The molecule has 1 saturated heterocycles. The Morgan fingerprint density at radius 3 is 2.73 bits per heavy atom. The number of aromatic nitrogens is 2. The van der Waals surface area contributed by atoms with Crippen LogP contribution in [0.5, 0.6) is 0 Å². The Hall–Kier alpha value is -1.63. The standard InChI is InChI=1S/C11H14N4/c1-2-10-13-9(8-12)7-11(14-10)15-5-3-4-6-15/h7H,2-6H2,1H3. The van der Waals surface area contributed by atoms with E-state index in [1.54, 1.807) is 6.07 Å². The van der Waals surface area contributed by atoms with Crippen LogP contribution in [-0.4, -0.2) is 23.1 Å². The number of anilines is 1. The second-order valence-electron chi connectivity index (χ2n) is 3.69. The van der Waals surface area contributed by atoms with Crippen molar-refractivity contribution in [2.75, 3.05) is 18.0 Å². The molecule has 1 aliphatic rings. The Kier molecular flexibility index (Phi) is 2.82. The molecule has 2 heterocycles. The smallest absolute Gasteiger partial charge is 0.146 e. The van der Waals surface area contributed by atoms with E-state index in [9.17, 15) is 0 Å². The molecule has 0 atom stereocenters. The largest absolute Gasteiger partial charge is 0.356 e. The van der Waals surface area contributed by atoms with E-state index in [1.165, 1.54) is 12.8 Å². The molecule has 0 radical (unpaired) electrons. The minimum absolute atomic E-state index is 0.476. The van der Waals surface area contributed by atoms with Crippen molar-refractivity contribution >= 4 is 5.82 Å². The maximum atomic E-state index is 8.87. The second kappa shape index (κ2) is 4.26. The van der Waals surface area contributed by atoms with Crippen LogP contribution in [0.2, 0.25) is 0 Å². The van der Waals surface area contributed by atoms with Gasteiger partial charge in [0.05, 0.1) is 0 Å².